The van der Waals surface area contributed by atoms with Crippen LogP contribution in [0, 0.1) is 5.82 Å². The van der Waals surface area contributed by atoms with Gasteiger partial charge in [-0.2, -0.15) is 4.98 Å². The molecule has 2 heterocycles. The molecular formula is C21H18FN5O3. The third-order valence-electron chi connectivity index (χ3n) is 4.69. The minimum Gasteiger partial charge on any atom is -0.495 e. The zero-order valence-electron chi connectivity index (χ0n) is 16.2. The average molecular weight is 407 g/mol. The number of methoxy groups -OCH3 is 1. The zero-order valence-corrected chi connectivity index (χ0v) is 16.2. The summed E-state index contributed by atoms with van der Waals surface area (Å²) >= 11 is 0. The summed E-state index contributed by atoms with van der Waals surface area (Å²) in [5.41, 5.74) is 0.0602. The van der Waals surface area contributed by atoms with Crippen LogP contribution in [0.25, 0.3) is 16.7 Å². The van der Waals surface area contributed by atoms with Crippen LogP contribution in [0.5, 0.6) is 5.75 Å². The maximum absolute atomic E-state index is 13.1. The largest absolute Gasteiger partial charge is 0.495 e. The molecule has 4 aromatic rings. The Kier molecular flexibility index (Phi) is 5.01. The standard InChI is InChI=1S/C21H18FN5O3/c1-12(13-7-9-14(22)10-8-13)24-20-23-11-15-18(25-20)26-21(29)27(19(15)28)16-5-3-4-6-17(16)30-2/h3-12H,1-2H3,(H2,23,24,25,26,29). The molecule has 8 nitrogen and oxygen atoms in total. The molecule has 30 heavy (non-hydrogen) atoms. The van der Waals surface area contributed by atoms with Crippen molar-refractivity contribution in [3.63, 3.8) is 0 Å². The van der Waals surface area contributed by atoms with Crippen molar-refractivity contribution >= 4 is 17.0 Å². The number of fused-ring (bicyclic) bond motifs is 1. The monoisotopic (exact) mass is 407 g/mol. The first kappa shape index (κ1) is 19.3. The minimum absolute atomic E-state index is 0.111. The summed E-state index contributed by atoms with van der Waals surface area (Å²) in [5.74, 6) is 0.290. The van der Waals surface area contributed by atoms with E-state index in [1.54, 1.807) is 36.4 Å². The van der Waals surface area contributed by atoms with E-state index >= 15 is 0 Å². The molecule has 2 aromatic carbocycles. The highest BCUT2D eigenvalue weighted by molar-refractivity contribution is 5.74. The fourth-order valence-corrected chi connectivity index (χ4v) is 3.13. The smallest absolute Gasteiger partial charge is 0.334 e. The molecule has 1 unspecified atom stereocenters. The van der Waals surface area contributed by atoms with Gasteiger partial charge in [-0.05, 0) is 36.8 Å². The summed E-state index contributed by atoms with van der Waals surface area (Å²) in [5, 5.41) is 3.23. The number of rotatable bonds is 5. The van der Waals surface area contributed by atoms with Crippen molar-refractivity contribution < 1.29 is 9.13 Å². The summed E-state index contributed by atoms with van der Waals surface area (Å²) in [4.78, 5) is 36.7. The Labute approximate surface area is 170 Å². The number of ether oxygens (including phenoxy) is 1. The van der Waals surface area contributed by atoms with E-state index in [1.165, 1.54) is 25.4 Å². The highest BCUT2D eigenvalue weighted by Gasteiger charge is 2.15. The molecule has 0 saturated carbocycles. The SMILES string of the molecule is COc1ccccc1-n1c(=O)[nH]c2nc(NC(C)c3ccc(F)cc3)ncc2c1=O. The first-order valence-corrected chi connectivity index (χ1v) is 9.15. The Bertz CT molecular complexity index is 1330. The van der Waals surface area contributed by atoms with Crippen LogP contribution < -0.4 is 21.3 Å². The van der Waals surface area contributed by atoms with E-state index in [0.717, 1.165) is 10.1 Å². The van der Waals surface area contributed by atoms with E-state index in [-0.39, 0.29) is 28.8 Å². The quantitative estimate of drug-likeness (QED) is 0.528. The van der Waals surface area contributed by atoms with Gasteiger partial charge in [0, 0.05) is 6.20 Å². The van der Waals surface area contributed by atoms with Crippen molar-refractivity contribution in [2.45, 2.75) is 13.0 Å². The lowest BCUT2D eigenvalue weighted by atomic mass is 10.1. The third kappa shape index (κ3) is 3.52. The van der Waals surface area contributed by atoms with E-state index in [2.05, 4.69) is 20.3 Å². The fraction of sp³-hybridized carbons (Fsp3) is 0.143. The predicted octanol–water partition coefficient (Wildman–Crippen LogP) is 2.79. The molecule has 0 saturated heterocycles. The molecule has 2 N–H and O–H groups in total. The summed E-state index contributed by atoms with van der Waals surface area (Å²) < 4.78 is 19.4. The van der Waals surface area contributed by atoms with Gasteiger partial charge in [0.2, 0.25) is 5.95 Å². The van der Waals surface area contributed by atoms with Crippen LogP contribution in [-0.2, 0) is 0 Å². The highest BCUT2D eigenvalue weighted by atomic mass is 19.1. The molecule has 9 heteroatoms. The van der Waals surface area contributed by atoms with Gasteiger partial charge < -0.3 is 10.1 Å². The molecule has 0 radical (unpaired) electrons. The predicted molar refractivity (Wildman–Crippen MR) is 111 cm³/mol. The maximum Gasteiger partial charge on any atom is 0.334 e. The van der Waals surface area contributed by atoms with E-state index in [0.29, 0.717) is 11.4 Å². The van der Waals surface area contributed by atoms with Crippen LogP contribution in [0.15, 0.2) is 64.3 Å². The van der Waals surface area contributed by atoms with Crippen LogP contribution in [0.2, 0.25) is 0 Å². The number of hydrogen-bond acceptors (Lipinski definition) is 6. The molecule has 0 aliphatic rings. The molecule has 152 valence electrons. The van der Waals surface area contributed by atoms with Gasteiger partial charge in [0.15, 0.2) is 5.65 Å². The van der Waals surface area contributed by atoms with Crippen molar-refractivity contribution in [3.05, 3.63) is 86.9 Å². The molecule has 4 rings (SSSR count). The second-order valence-corrected chi connectivity index (χ2v) is 6.62. The van der Waals surface area contributed by atoms with Gasteiger partial charge in [-0.15, -0.1) is 0 Å². The Balaban J connectivity index is 1.74. The summed E-state index contributed by atoms with van der Waals surface area (Å²) in [6, 6.07) is 12.5. The van der Waals surface area contributed by atoms with Crippen molar-refractivity contribution in [1.82, 2.24) is 19.5 Å². The molecule has 0 bridgehead atoms. The van der Waals surface area contributed by atoms with Crippen LogP contribution in [0.4, 0.5) is 10.3 Å². The fourth-order valence-electron chi connectivity index (χ4n) is 3.13. The number of hydrogen-bond donors (Lipinski definition) is 2. The number of H-pyrrole nitrogens is 1. The number of anilines is 1. The first-order valence-electron chi connectivity index (χ1n) is 9.15. The Hall–Kier alpha value is -4.01. The van der Waals surface area contributed by atoms with E-state index < -0.39 is 11.2 Å². The number of aromatic amines is 1. The molecular weight excluding hydrogens is 389 g/mol. The molecule has 1 atom stereocenters. The number of benzene rings is 2. The number of nitrogens with zero attached hydrogens (tertiary/aromatic N) is 3. The molecule has 0 spiro atoms. The lowest BCUT2D eigenvalue weighted by Gasteiger charge is -2.14. The van der Waals surface area contributed by atoms with E-state index in [9.17, 15) is 14.0 Å². The topological polar surface area (TPSA) is 102 Å². The average Bonchev–Trinajstić information content (AvgIpc) is 2.74. The second-order valence-electron chi connectivity index (χ2n) is 6.62. The van der Waals surface area contributed by atoms with Crippen molar-refractivity contribution in [1.29, 1.82) is 0 Å². The molecule has 0 amide bonds. The van der Waals surface area contributed by atoms with Crippen molar-refractivity contribution in [2.75, 3.05) is 12.4 Å². The molecule has 0 fully saturated rings. The number of aromatic nitrogens is 4. The van der Waals surface area contributed by atoms with Gasteiger partial charge in [0.1, 0.15) is 17.0 Å². The zero-order chi connectivity index (χ0) is 21.3. The van der Waals surface area contributed by atoms with Gasteiger partial charge in [0.05, 0.1) is 18.8 Å². The maximum atomic E-state index is 13.1. The van der Waals surface area contributed by atoms with E-state index in [4.69, 9.17) is 4.74 Å². The second kappa shape index (κ2) is 7.78. The van der Waals surface area contributed by atoms with Crippen molar-refractivity contribution in [3.8, 4) is 11.4 Å². The Morgan fingerprint density at radius 3 is 2.60 bits per heavy atom. The first-order chi connectivity index (χ1) is 14.5. The normalized spacial score (nSPS) is 12.0. The minimum atomic E-state index is -0.645. The van der Waals surface area contributed by atoms with Crippen LogP contribution in [0.3, 0.4) is 0 Å². The van der Waals surface area contributed by atoms with Gasteiger partial charge in [-0.1, -0.05) is 24.3 Å². The number of nitrogens with one attached hydrogen (secondary N) is 2. The number of para-hydroxylation sites is 2. The van der Waals surface area contributed by atoms with Crippen LogP contribution in [-0.4, -0.2) is 26.6 Å². The van der Waals surface area contributed by atoms with Gasteiger partial charge in [-0.3, -0.25) is 9.78 Å². The van der Waals surface area contributed by atoms with E-state index in [1.807, 2.05) is 6.92 Å². The third-order valence-corrected chi connectivity index (χ3v) is 4.69. The molecule has 0 aliphatic heterocycles. The lowest BCUT2D eigenvalue weighted by molar-refractivity contribution is 0.412. The molecule has 0 aliphatic carbocycles. The van der Waals surface area contributed by atoms with Crippen LogP contribution >= 0.6 is 0 Å². The Morgan fingerprint density at radius 2 is 1.87 bits per heavy atom. The van der Waals surface area contributed by atoms with Gasteiger partial charge in [0.25, 0.3) is 5.56 Å². The summed E-state index contributed by atoms with van der Waals surface area (Å²) in [6.07, 6.45) is 1.35. The van der Waals surface area contributed by atoms with Gasteiger partial charge >= 0.3 is 5.69 Å². The highest BCUT2D eigenvalue weighted by Crippen LogP contribution is 2.20. The molecule has 2 aromatic heterocycles. The Morgan fingerprint density at radius 1 is 1.13 bits per heavy atom. The lowest BCUT2D eigenvalue weighted by Crippen LogP contribution is -2.34. The van der Waals surface area contributed by atoms with Crippen molar-refractivity contribution in [2.24, 2.45) is 0 Å². The van der Waals surface area contributed by atoms with Gasteiger partial charge in [-0.25, -0.2) is 18.7 Å². The summed E-state index contributed by atoms with van der Waals surface area (Å²) in [7, 11) is 1.46. The number of halogens is 1. The van der Waals surface area contributed by atoms with Crippen LogP contribution in [0.1, 0.15) is 18.5 Å². The summed E-state index contributed by atoms with van der Waals surface area (Å²) in [6.45, 7) is 1.86.